The van der Waals surface area contributed by atoms with E-state index in [-0.39, 0.29) is 10.7 Å². The molecule has 0 bridgehead atoms. The van der Waals surface area contributed by atoms with Crippen LogP contribution in [0.25, 0.3) is 0 Å². The van der Waals surface area contributed by atoms with Crippen LogP contribution >= 0.6 is 0 Å². The van der Waals surface area contributed by atoms with E-state index in [0.717, 1.165) is 0 Å². The molecule has 100 valence electrons. The lowest BCUT2D eigenvalue weighted by Crippen LogP contribution is -2.40. The summed E-state index contributed by atoms with van der Waals surface area (Å²) < 4.78 is 44.7. The van der Waals surface area contributed by atoms with Gasteiger partial charge in [-0.05, 0) is 37.1 Å². The quantitative estimate of drug-likeness (QED) is 0.819. The molecule has 1 saturated heterocycles. The van der Waals surface area contributed by atoms with Gasteiger partial charge >= 0.3 is 0 Å². The van der Waals surface area contributed by atoms with E-state index in [0.29, 0.717) is 37.4 Å². The van der Waals surface area contributed by atoms with Crippen LogP contribution in [-0.2, 0) is 14.8 Å². The fourth-order valence-corrected chi connectivity index (χ4v) is 3.57. The molecular formula is C12H16FNO3S. The van der Waals surface area contributed by atoms with Gasteiger partial charge in [-0.3, -0.25) is 0 Å². The molecule has 0 N–H and O–H groups in total. The first kappa shape index (κ1) is 13.5. The van der Waals surface area contributed by atoms with Gasteiger partial charge in [0.1, 0.15) is 5.82 Å². The van der Waals surface area contributed by atoms with Crippen LogP contribution in [0, 0.1) is 19.7 Å². The summed E-state index contributed by atoms with van der Waals surface area (Å²) >= 11 is 0. The van der Waals surface area contributed by atoms with Gasteiger partial charge in [0, 0.05) is 13.1 Å². The minimum atomic E-state index is -3.54. The van der Waals surface area contributed by atoms with E-state index >= 15 is 0 Å². The number of benzene rings is 1. The van der Waals surface area contributed by atoms with Crippen molar-refractivity contribution in [1.29, 1.82) is 0 Å². The summed E-state index contributed by atoms with van der Waals surface area (Å²) in [7, 11) is -3.54. The lowest BCUT2D eigenvalue weighted by atomic mass is 10.1. The van der Waals surface area contributed by atoms with Crippen LogP contribution in [0.1, 0.15) is 11.1 Å². The molecule has 0 radical (unpaired) electrons. The van der Waals surface area contributed by atoms with Crippen LogP contribution in [-0.4, -0.2) is 39.0 Å². The zero-order chi connectivity index (χ0) is 13.3. The normalized spacial score (nSPS) is 17.9. The molecule has 6 heteroatoms. The summed E-state index contributed by atoms with van der Waals surface area (Å²) in [6, 6.07) is 2.76. The number of aryl methyl sites for hydroxylation is 2. The van der Waals surface area contributed by atoms with Crippen molar-refractivity contribution in [2.75, 3.05) is 26.3 Å². The molecule has 0 aromatic heterocycles. The van der Waals surface area contributed by atoms with Gasteiger partial charge in [-0.25, -0.2) is 12.8 Å². The number of sulfonamides is 1. The molecule has 4 nitrogen and oxygen atoms in total. The Balaban J connectivity index is 2.41. The summed E-state index contributed by atoms with van der Waals surface area (Å²) in [5.74, 6) is -0.351. The Kier molecular flexibility index (Phi) is 3.70. The number of rotatable bonds is 2. The van der Waals surface area contributed by atoms with Gasteiger partial charge in [0.05, 0.1) is 18.1 Å². The SMILES string of the molecule is Cc1cc(S(=O)(=O)N2CCOCC2)cc(C)c1F. The maximum Gasteiger partial charge on any atom is 0.243 e. The van der Waals surface area contributed by atoms with Crippen molar-refractivity contribution in [3.8, 4) is 0 Å². The number of hydrogen-bond acceptors (Lipinski definition) is 3. The molecule has 0 atom stereocenters. The molecule has 0 aliphatic carbocycles. The third-order valence-electron chi connectivity index (χ3n) is 3.02. The fourth-order valence-electron chi connectivity index (χ4n) is 1.99. The molecule has 1 aliphatic heterocycles. The predicted octanol–water partition coefficient (Wildman–Crippen LogP) is 1.46. The standard InChI is InChI=1S/C12H16FNO3S/c1-9-7-11(8-10(2)12(9)13)18(15,16)14-3-5-17-6-4-14/h7-8H,3-6H2,1-2H3. The number of morpholine rings is 1. The number of nitrogens with zero attached hydrogens (tertiary/aromatic N) is 1. The predicted molar refractivity (Wildman–Crippen MR) is 65.5 cm³/mol. The van der Waals surface area contributed by atoms with Crippen molar-refractivity contribution in [1.82, 2.24) is 4.31 Å². The van der Waals surface area contributed by atoms with E-state index in [1.165, 1.54) is 16.4 Å². The van der Waals surface area contributed by atoms with Gasteiger partial charge in [-0.1, -0.05) is 0 Å². The highest BCUT2D eigenvalue weighted by molar-refractivity contribution is 7.89. The second-order valence-electron chi connectivity index (χ2n) is 4.39. The average molecular weight is 273 g/mol. The summed E-state index contributed by atoms with van der Waals surface area (Å²) in [5.41, 5.74) is 0.698. The highest BCUT2D eigenvalue weighted by Crippen LogP contribution is 2.22. The first-order valence-electron chi connectivity index (χ1n) is 5.77. The van der Waals surface area contributed by atoms with E-state index in [9.17, 15) is 12.8 Å². The maximum atomic E-state index is 13.5. The largest absolute Gasteiger partial charge is 0.379 e. The second-order valence-corrected chi connectivity index (χ2v) is 6.33. The molecule has 0 amide bonds. The first-order valence-corrected chi connectivity index (χ1v) is 7.21. The molecule has 0 saturated carbocycles. The minimum Gasteiger partial charge on any atom is -0.379 e. The molecule has 2 rings (SSSR count). The van der Waals surface area contributed by atoms with Gasteiger partial charge in [0.15, 0.2) is 0 Å². The Labute approximate surface area is 106 Å². The van der Waals surface area contributed by atoms with E-state index in [4.69, 9.17) is 4.74 Å². The van der Waals surface area contributed by atoms with Crippen molar-refractivity contribution in [3.05, 3.63) is 29.1 Å². The lowest BCUT2D eigenvalue weighted by Gasteiger charge is -2.26. The molecule has 0 unspecified atom stereocenters. The molecule has 1 heterocycles. The highest BCUT2D eigenvalue weighted by Gasteiger charge is 2.27. The number of hydrogen-bond donors (Lipinski definition) is 0. The van der Waals surface area contributed by atoms with Crippen LogP contribution in [0.3, 0.4) is 0 Å². The topological polar surface area (TPSA) is 46.6 Å². The summed E-state index contributed by atoms with van der Waals surface area (Å²) in [5, 5.41) is 0. The van der Waals surface area contributed by atoms with Gasteiger partial charge < -0.3 is 4.74 Å². The van der Waals surface area contributed by atoms with Crippen molar-refractivity contribution in [3.63, 3.8) is 0 Å². The van der Waals surface area contributed by atoms with Gasteiger partial charge in [-0.15, -0.1) is 0 Å². The molecule has 1 fully saturated rings. The Morgan fingerprint density at radius 1 is 1.17 bits per heavy atom. The monoisotopic (exact) mass is 273 g/mol. The molecule has 0 spiro atoms. The van der Waals surface area contributed by atoms with Crippen molar-refractivity contribution in [2.24, 2.45) is 0 Å². The van der Waals surface area contributed by atoms with Crippen LogP contribution in [0.5, 0.6) is 0 Å². The molecule has 1 aliphatic rings. The summed E-state index contributed by atoms with van der Waals surface area (Å²) in [6.07, 6.45) is 0. The Morgan fingerprint density at radius 2 is 1.67 bits per heavy atom. The van der Waals surface area contributed by atoms with Crippen molar-refractivity contribution in [2.45, 2.75) is 18.7 Å². The van der Waals surface area contributed by atoms with Crippen LogP contribution in [0.15, 0.2) is 17.0 Å². The van der Waals surface area contributed by atoms with Gasteiger partial charge in [0.2, 0.25) is 10.0 Å². The third-order valence-corrected chi connectivity index (χ3v) is 4.89. The van der Waals surface area contributed by atoms with Crippen LogP contribution in [0.4, 0.5) is 4.39 Å². The zero-order valence-electron chi connectivity index (χ0n) is 10.4. The molecular weight excluding hydrogens is 257 g/mol. The van der Waals surface area contributed by atoms with Crippen LogP contribution < -0.4 is 0 Å². The van der Waals surface area contributed by atoms with E-state index < -0.39 is 10.0 Å². The van der Waals surface area contributed by atoms with E-state index in [1.807, 2.05) is 0 Å². The second kappa shape index (κ2) is 4.95. The maximum absolute atomic E-state index is 13.5. The van der Waals surface area contributed by atoms with E-state index in [2.05, 4.69) is 0 Å². The smallest absolute Gasteiger partial charge is 0.243 e. The fraction of sp³-hybridized carbons (Fsp3) is 0.500. The van der Waals surface area contributed by atoms with Gasteiger partial charge in [-0.2, -0.15) is 4.31 Å². The number of ether oxygens (including phenoxy) is 1. The highest BCUT2D eigenvalue weighted by atomic mass is 32.2. The Morgan fingerprint density at radius 3 is 2.17 bits per heavy atom. The first-order chi connectivity index (χ1) is 8.43. The number of halogens is 1. The van der Waals surface area contributed by atoms with Crippen molar-refractivity contribution >= 4 is 10.0 Å². The Hall–Kier alpha value is -0.980. The summed E-state index contributed by atoms with van der Waals surface area (Å²) in [4.78, 5) is 0.154. The molecule has 1 aromatic rings. The zero-order valence-corrected chi connectivity index (χ0v) is 11.3. The van der Waals surface area contributed by atoms with Crippen LogP contribution in [0.2, 0.25) is 0 Å². The average Bonchev–Trinajstić information content (AvgIpc) is 2.36. The van der Waals surface area contributed by atoms with Crippen molar-refractivity contribution < 1.29 is 17.5 Å². The molecule has 1 aromatic carbocycles. The Bertz CT molecular complexity index is 527. The lowest BCUT2D eigenvalue weighted by molar-refractivity contribution is 0.0730. The van der Waals surface area contributed by atoms with E-state index in [1.54, 1.807) is 13.8 Å². The minimum absolute atomic E-state index is 0.154. The summed E-state index contributed by atoms with van der Waals surface area (Å²) in [6.45, 7) is 4.63. The third kappa shape index (κ3) is 2.41. The van der Waals surface area contributed by atoms with Gasteiger partial charge in [0.25, 0.3) is 0 Å². The molecule has 18 heavy (non-hydrogen) atoms.